The van der Waals surface area contributed by atoms with Crippen LogP contribution >= 0.6 is 23.3 Å². The number of amides is 1. The van der Waals surface area contributed by atoms with Gasteiger partial charge in [0.15, 0.2) is 5.13 Å². The Labute approximate surface area is 185 Å². The molecule has 0 spiro atoms. The summed E-state index contributed by atoms with van der Waals surface area (Å²) in [7, 11) is 0. The molecule has 3 heterocycles. The second-order valence-corrected chi connectivity index (χ2v) is 9.24. The summed E-state index contributed by atoms with van der Waals surface area (Å²) in [6, 6.07) is -0.348. The van der Waals surface area contributed by atoms with Crippen LogP contribution in [-0.4, -0.2) is 77.3 Å². The molecule has 14 heteroatoms. The number of aromatic nitrogens is 2. The standard InChI is InChI=1S/C17H22N6O6S2/c1-4-7-6-30-13-8(5-23(13)10(7)14(25)26)19-12(24)9(11-20-16(18)31-22-11)21-29-17(2,3)15(27)28/h8,13H,4-6H2,1-3H3,(H,19,24)(H,25,26)(H,27,28)(H2,18,20,22)/b21-9-/t8-,13?/m1/s1. The van der Waals surface area contributed by atoms with Crippen LogP contribution in [0.4, 0.5) is 5.13 Å². The molecule has 0 aromatic carbocycles. The molecule has 3 rings (SSSR count). The largest absolute Gasteiger partial charge is 0.478 e. The van der Waals surface area contributed by atoms with Gasteiger partial charge in [-0.3, -0.25) is 4.79 Å². The van der Waals surface area contributed by atoms with Crippen molar-refractivity contribution in [2.45, 2.75) is 44.2 Å². The van der Waals surface area contributed by atoms with E-state index in [1.54, 1.807) is 16.7 Å². The minimum Gasteiger partial charge on any atom is -0.478 e. The van der Waals surface area contributed by atoms with Crippen LogP contribution in [0.2, 0.25) is 0 Å². The predicted octanol–water partition coefficient (Wildman–Crippen LogP) is 0.326. The Morgan fingerprint density at radius 3 is 2.65 bits per heavy atom. The normalized spacial score (nSPS) is 21.3. The van der Waals surface area contributed by atoms with Crippen LogP contribution in [-0.2, 0) is 19.2 Å². The van der Waals surface area contributed by atoms with Crippen molar-refractivity contribution in [3.8, 4) is 0 Å². The number of hydrogen-bond donors (Lipinski definition) is 4. The Morgan fingerprint density at radius 1 is 1.39 bits per heavy atom. The molecule has 5 N–H and O–H groups in total. The number of rotatable bonds is 8. The molecule has 168 valence electrons. The highest BCUT2D eigenvalue weighted by Crippen LogP contribution is 2.40. The van der Waals surface area contributed by atoms with Gasteiger partial charge in [0.1, 0.15) is 5.70 Å². The molecule has 2 aliphatic heterocycles. The third-order valence-electron chi connectivity index (χ3n) is 4.79. The van der Waals surface area contributed by atoms with Crippen LogP contribution in [0.3, 0.4) is 0 Å². The van der Waals surface area contributed by atoms with Crippen LogP contribution in [0.5, 0.6) is 0 Å². The third kappa shape index (κ3) is 4.58. The molecule has 1 unspecified atom stereocenters. The number of anilines is 1. The Hall–Kier alpha value is -2.87. The maximum absolute atomic E-state index is 12.9. The zero-order chi connectivity index (χ0) is 22.9. The number of oxime groups is 1. The predicted molar refractivity (Wildman–Crippen MR) is 113 cm³/mol. The van der Waals surface area contributed by atoms with Crippen molar-refractivity contribution < 1.29 is 29.4 Å². The summed E-state index contributed by atoms with van der Waals surface area (Å²) in [5.41, 5.74) is 4.73. The summed E-state index contributed by atoms with van der Waals surface area (Å²) in [5.74, 6) is -2.46. The Kier molecular flexibility index (Phi) is 6.40. The summed E-state index contributed by atoms with van der Waals surface area (Å²) in [5, 5.41) is 25.1. The number of aliphatic carboxylic acids is 2. The molecule has 0 bridgehead atoms. The summed E-state index contributed by atoms with van der Waals surface area (Å²) in [6.07, 6.45) is 0.638. The highest BCUT2D eigenvalue weighted by Gasteiger charge is 2.47. The van der Waals surface area contributed by atoms with Crippen molar-refractivity contribution in [2.75, 3.05) is 18.0 Å². The molecular weight excluding hydrogens is 448 g/mol. The van der Waals surface area contributed by atoms with Gasteiger partial charge >= 0.3 is 11.9 Å². The molecule has 2 aliphatic rings. The number of thioether (sulfide) groups is 1. The monoisotopic (exact) mass is 470 g/mol. The van der Waals surface area contributed by atoms with Crippen LogP contribution in [0, 0.1) is 0 Å². The number of nitrogens with two attached hydrogens (primary N) is 1. The number of nitrogen functional groups attached to an aromatic ring is 1. The minimum atomic E-state index is -1.68. The van der Waals surface area contributed by atoms with Gasteiger partial charge in [0.05, 0.1) is 11.4 Å². The number of fused-ring (bicyclic) bond motifs is 1. The number of carbonyl (C=O) groups excluding carboxylic acids is 1. The van der Waals surface area contributed by atoms with Crippen LogP contribution in [0.1, 0.15) is 33.0 Å². The lowest BCUT2D eigenvalue weighted by atomic mass is 10.0. The van der Waals surface area contributed by atoms with E-state index in [0.717, 1.165) is 17.1 Å². The van der Waals surface area contributed by atoms with Gasteiger partial charge < -0.3 is 31.0 Å². The molecule has 0 aliphatic carbocycles. The molecule has 2 atom stereocenters. The molecule has 12 nitrogen and oxygen atoms in total. The molecule has 1 fully saturated rings. The first-order chi connectivity index (χ1) is 14.5. The molecule has 0 saturated carbocycles. The van der Waals surface area contributed by atoms with E-state index in [9.17, 15) is 24.6 Å². The smallest absolute Gasteiger partial charge is 0.352 e. The van der Waals surface area contributed by atoms with Crippen LogP contribution in [0.25, 0.3) is 0 Å². The van der Waals surface area contributed by atoms with Gasteiger partial charge in [0.25, 0.3) is 5.91 Å². The van der Waals surface area contributed by atoms with E-state index in [1.807, 2.05) is 6.92 Å². The molecular formula is C17H22N6O6S2. The van der Waals surface area contributed by atoms with Crippen molar-refractivity contribution in [3.05, 3.63) is 17.1 Å². The zero-order valence-corrected chi connectivity index (χ0v) is 18.6. The van der Waals surface area contributed by atoms with Gasteiger partial charge in [0.2, 0.25) is 17.1 Å². The summed E-state index contributed by atoms with van der Waals surface area (Å²) in [6.45, 7) is 4.79. The minimum absolute atomic E-state index is 0.0898. The van der Waals surface area contributed by atoms with Gasteiger partial charge in [-0.1, -0.05) is 12.1 Å². The summed E-state index contributed by atoms with van der Waals surface area (Å²) < 4.78 is 3.96. The Bertz CT molecular complexity index is 974. The lowest BCUT2D eigenvalue weighted by Gasteiger charge is -2.52. The number of hydrogen-bond acceptors (Lipinski definition) is 11. The molecule has 0 radical (unpaired) electrons. The Balaban J connectivity index is 1.77. The van der Waals surface area contributed by atoms with E-state index in [1.165, 1.54) is 13.8 Å². The van der Waals surface area contributed by atoms with Crippen molar-refractivity contribution in [1.29, 1.82) is 0 Å². The maximum Gasteiger partial charge on any atom is 0.352 e. The first-order valence-corrected chi connectivity index (χ1v) is 11.1. The van der Waals surface area contributed by atoms with Crippen molar-refractivity contribution in [3.63, 3.8) is 0 Å². The van der Waals surface area contributed by atoms with Crippen molar-refractivity contribution in [2.24, 2.45) is 5.16 Å². The average molecular weight is 471 g/mol. The quantitative estimate of drug-likeness (QED) is 0.303. The van der Waals surface area contributed by atoms with Gasteiger partial charge in [-0.2, -0.15) is 9.36 Å². The number of carboxylic acid groups (broad SMARTS) is 2. The summed E-state index contributed by atoms with van der Waals surface area (Å²) >= 11 is 2.40. The third-order valence-corrected chi connectivity index (χ3v) is 6.77. The lowest BCUT2D eigenvalue weighted by Crippen LogP contribution is -2.67. The molecule has 31 heavy (non-hydrogen) atoms. The molecule has 1 saturated heterocycles. The summed E-state index contributed by atoms with van der Waals surface area (Å²) in [4.78, 5) is 46.6. The van der Waals surface area contributed by atoms with E-state index >= 15 is 0 Å². The van der Waals surface area contributed by atoms with Crippen LogP contribution < -0.4 is 11.1 Å². The van der Waals surface area contributed by atoms with Gasteiger partial charge in [-0.05, 0) is 25.8 Å². The van der Waals surface area contributed by atoms with Crippen molar-refractivity contribution >= 4 is 52.0 Å². The fourth-order valence-corrected chi connectivity index (χ4v) is 4.88. The van der Waals surface area contributed by atoms with E-state index in [0.29, 0.717) is 18.7 Å². The van der Waals surface area contributed by atoms with Gasteiger partial charge in [0, 0.05) is 23.8 Å². The SMILES string of the molecule is CCC1=C(C(=O)O)N2C[C@@H](NC(=O)/C(=N\OC(C)(C)C(=O)O)c3nsc(N)n3)C2SC1. The maximum atomic E-state index is 12.9. The Morgan fingerprint density at radius 2 is 2.10 bits per heavy atom. The second kappa shape index (κ2) is 8.70. The fraction of sp³-hybridized carbons (Fsp3) is 0.529. The molecule has 1 amide bonds. The second-order valence-electron chi connectivity index (χ2n) is 7.35. The highest BCUT2D eigenvalue weighted by atomic mass is 32.2. The average Bonchev–Trinajstić information content (AvgIpc) is 3.11. The number of nitrogens with zero attached hydrogens (tertiary/aromatic N) is 4. The van der Waals surface area contributed by atoms with Crippen molar-refractivity contribution in [1.82, 2.24) is 19.6 Å². The zero-order valence-electron chi connectivity index (χ0n) is 17.0. The fourth-order valence-electron chi connectivity index (χ4n) is 2.98. The van der Waals surface area contributed by atoms with E-state index in [4.69, 9.17) is 10.6 Å². The molecule has 1 aromatic rings. The first kappa shape index (κ1) is 22.8. The highest BCUT2D eigenvalue weighted by molar-refractivity contribution is 8.00. The van der Waals surface area contributed by atoms with E-state index in [2.05, 4.69) is 19.8 Å². The lowest BCUT2D eigenvalue weighted by molar-refractivity contribution is -0.161. The topological polar surface area (TPSA) is 180 Å². The number of carbonyl (C=O) groups is 3. The van der Waals surface area contributed by atoms with Gasteiger partial charge in [-0.15, -0.1) is 11.8 Å². The van der Waals surface area contributed by atoms with E-state index < -0.39 is 23.4 Å². The van der Waals surface area contributed by atoms with Gasteiger partial charge in [-0.25, -0.2) is 9.59 Å². The first-order valence-electron chi connectivity index (χ1n) is 9.28. The van der Waals surface area contributed by atoms with Crippen LogP contribution in [0.15, 0.2) is 16.4 Å². The van der Waals surface area contributed by atoms with E-state index in [-0.39, 0.29) is 33.8 Å². The number of carboxylic acids is 2. The number of nitrogens with one attached hydrogen (secondary N) is 1. The molecule has 1 aromatic heterocycles.